The van der Waals surface area contributed by atoms with Gasteiger partial charge in [-0.15, -0.1) is 11.8 Å². The number of benzene rings is 2. The Hall–Kier alpha value is -2.09. The predicted molar refractivity (Wildman–Crippen MR) is 98.7 cm³/mol. The van der Waals surface area contributed by atoms with Crippen molar-refractivity contribution in [3.63, 3.8) is 0 Å². The van der Waals surface area contributed by atoms with E-state index in [9.17, 15) is 18.3 Å². The number of carboxylic acid groups (broad SMARTS) is 1. The zero-order valence-electron chi connectivity index (χ0n) is 13.5. The molecule has 5 nitrogen and oxygen atoms in total. The van der Waals surface area contributed by atoms with Crippen LogP contribution in [0.25, 0.3) is 4.91 Å². The van der Waals surface area contributed by atoms with Crippen molar-refractivity contribution in [2.75, 3.05) is 5.75 Å². The fraction of sp³-hybridized carbons (Fsp3) is 0.167. The number of nitrogens with one attached hydrogen (secondary N) is 1. The Morgan fingerprint density at radius 2 is 1.88 bits per heavy atom. The van der Waals surface area contributed by atoms with Gasteiger partial charge < -0.3 is 5.11 Å². The van der Waals surface area contributed by atoms with Gasteiger partial charge in [-0.3, -0.25) is 0 Å². The van der Waals surface area contributed by atoms with Crippen LogP contribution >= 0.6 is 11.8 Å². The maximum absolute atomic E-state index is 12.7. The fourth-order valence-electron chi connectivity index (χ4n) is 2.58. The van der Waals surface area contributed by atoms with E-state index >= 15 is 0 Å². The molecule has 0 radical (unpaired) electrons. The predicted octanol–water partition coefficient (Wildman–Crippen LogP) is 2.88. The lowest BCUT2D eigenvalue weighted by atomic mass is 10.0. The van der Waals surface area contributed by atoms with Crippen molar-refractivity contribution >= 4 is 32.7 Å². The van der Waals surface area contributed by atoms with Gasteiger partial charge in [-0.2, -0.15) is 4.72 Å². The molecule has 25 heavy (non-hydrogen) atoms. The second-order valence-electron chi connectivity index (χ2n) is 5.86. The third-order valence-electron chi connectivity index (χ3n) is 3.89. The minimum Gasteiger partial charge on any atom is -0.480 e. The molecular weight excluding hydrogens is 358 g/mol. The molecule has 0 aromatic heterocycles. The summed E-state index contributed by atoms with van der Waals surface area (Å²) >= 11 is 1.32. The van der Waals surface area contributed by atoms with Gasteiger partial charge in [0.15, 0.2) is 5.54 Å². The van der Waals surface area contributed by atoms with Crippen molar-refractivity contribution in [2.24, 2.45) is 0 Å². The van der Waals surface area contributed by atoms with Crippen LogP contribution in [0, 0.1) is 6.92 Å². The summed E-state index contributed by atoms with van der Waals surface area (Å²) in [6.07, 6.45) is 1.49. The first-order chi connectivity index (χ1) is 11.8. The van der Waals surface area contributed by atoms with E-state index in [0.717, 1.165) is 16.0 Å². The summed E-state index contributed by atoms with van der Waals surface area (Å²) in [7, 11) is -3.96. The summed E-state index contributed by atoms with van der Waals surface area (Å²) in [5.74, 6) is -1.13. The van der Waals surface area contributed by atoms with Gasteiger partial charge in [0.25, 0.3) is 0 Å². The van der Waals surface area contributed by atoms with Crippen molar-refractivity contribution in [2.45, 2.75) is 17.4 Å². The van der Waals surface area contributed by atoms with Gasteiger partial charge in [0.2, 0.25) is 10.0 Å². The Labute approximate surface area is 150 Å². The fourth-order valence-corrected chi connectivity index (χ4v) is 5.33. The average Bonchev–Trinajstić information content (AvgIpc) is 3.01. The second-order valence-corrected chi connectivity index (χ2v) is 8.56. The third kappa shape index (κ3) is 3.63. The molecule has 1 aliphatic rings. The van der Waals surface area contributed by atoms with Crippen molar-refractivity contribution < 1.29 is 18.3 Å². The number of thioether (sulfide) groups is 1. The molecule has 2 aromatic rings. The molecule has 0 bridgehead atoms. The van der Waals surface area contributed by atoms with E-state index in [2.05, 4.69) is 4.72 Å². The number of hydrogen-bond acceptors (Lipinski definition) is 4. The summed E-state index contributed by atoms with van der Waals surface area (Å²) < 4.78 is 27.7. The Morgan fingerprint density at radius 3 is 2.52 bits per heavy atom. The number of carbonyl (C=O) groups is 1. The maximum Gasteiger partial charge on any atom is 0.329 e. The van der Waals surface area contributed by atoms with Gasteiger partial charge in [-0.1, -0.05) is 42.5 Å². The zero-order chi connectivity index (χ0) is 18.1. The van der Waals surface area contributed by atoms with Crippen LogP contribution in [0.15, 0.2) is 65.6 Å². The number of aliphatic carboxylic acids is 1. The highest BCUT2D eigenvalue weighted by atomic mass is 32.2. The monoisotopic (exact) mass is 375 g/mol. The number of aryl methyl sites for hydroxylation is 1. The highest BCUT2D eigenvalue weighted by Crippen LogP contribution is 2.39. The Bertz CT molecular complexity index is 939. The van der Waals surface area contributed by atoms with E-state index in [1.807, 2.05) is 30.3 Å². The van der Waals surface area contributed by atoms with E-state index in [1.165, 1.54) is 30.0 Å². The van der Waals surface area contributed by atoms with Crippen LogP contribution in [-0.2, 0) is 14.8 Å². The third-order valence-corrected chi connectivity index (χ3v) is 6.66. The van der Waals surface area contributed by atoms with Gasteiger partial charge >= 0.3 is 5.97 Å². The molecule has 1 unspecified atom stereocenters. The largest absolute Gasteiger partial charge is 0.480 e. The van der Waals surface area contributed by atoms with E-state index in [0.29, 0.717) is 0 Å². The highest BCUT2D eigenvalue weighted by molar-refractivity contribution is 8.08. The SMILES string of the molecule is Cc1cccc(S(=O)(=O)NC2(C(=O)O)C=C(c3ccccc3)SC2)c1. The maximum atomic E-state index is 12.7. The molecule has 0 fully saturated rings. The van der Waals surface area contributed by atoms with Crippen LogP contribution in [0.2, 0.25) is 0 Å². The van der Waals surface area contributed by atoms with E-state index in [4.69, 9.17) is 0 Å². The van der Waals surface area contributed by atoms with E-state index in [-0.39, 0.29) is 10.6 Å². The summed E-state index contributed by atoms with van der Waals surface area (Å²) in [4.78, 5) is 12.7. The van der Waals surface area contributed by atoms with Crippen LogP contribution in [-0.4, -0.2) is 30.8 Å². The summed E-state index contributed by atoms with van der Waals surface area (Å²) in [5, 5.41) is 9.71. The van der Waals surface area contributed by atoms with Crippen LogP contribution in [0.3, 0.4) is 0 Å². The lowest BCUT2D eigenvalue weighted by Gasteiger charge is -2.22. The van der Waals surface area contributed by atoms with Gasteiger partial charge in [0.05, 0.1) is 4.90 Å². The normalized spacial score (nSPS) is 20.3. The topological polar surface area (TPSA) is 83.5 Å². The van der Waals surface area contributed by atoms with Crippen LogP contribution in [0.4, 0.5) is 0 Å². The van der Waals surface area contributed by atoms with Crippen molar-refractivity contribution in [3.05, 3.63) is 71.8 Å². The first-order valence-electron chi connectivity index (χ1n) is 7.58. The second kappa shape index (κ2) is 6.67. The smallest absolute Gasteiger partial charge is 0.329 e. The standard InChI is InChI=1S/C18H17NO4S2/c1-13-6-5-9-15(10-13)25(22,23)19-18(17(20)21)11-16(24-12-18)14-7-3-2-4-8-14/h2-11,19H,12H2,1H3,(H,20,21). The van der Waals surface area contributed by atoms with Gasteiger partial charge in [-0.25, -0.2) is 13.2 Å². The molecule has 2 aromatic carbocycles. The van der Waals surface area contributed by atoms with E-state index < -0.39 is 21.5 Å². The van der Waals surface area contributed by atoms with Gasteiger partial charge in [-0.05, 0) is 36.3 Å². The number of rotatable bonds is 5. The molecule has 1 aliphatic heterocycles. The van der Waals surface area contributed by atoms with Crippen molar-refractivity contribution in [1.82, 2.24) is 4.72 Å². The molecule has 130 valence electrons. The number of hydrogen-bond donors (Lipinski definition) is 2. The molecule has 0 aliphatic carbocycles. The summed E-state index contributed by atoms with van der Waals surface area (Å²) in [6.45, 7) is 1.78. The Balaban J connectivity index is 1.98. The molecule has 3 rings (SSSR count). The molecule has 2 N–H and O–H groups in total. The van der Waals surface area contributed by atoms with Gasteiger partial charge in [0, 0.05) is 10.7 Å². The molecular formula is C18H17NO4S2. The molecule has 0 amide bonds. The molecule has 0 spiro atoms. The lowest BCUT2D eigenvalue weighted by Crippen LogP contribution is -2.53. The van der Waals surface area contributed by atoms with Crippen LogP contribution in [0.1, 0.15) is 11.1 Å². The lowest BCUT2D eigenvalue weighted by molar-refractivity contribution is -0.141. The highest BCUT2D eigenvalue weighted by Gasteiger charge is 2.45. The Kier molecular flexibility index (Phi) is 4.73. The van der Waals surface area contributed by atoms with Gasteiger partial charge in [0.1, 0.15) is 0 Å². The number of carboxylic acids is 1. The summed E-state index contributed by atoms with van der Waals surface area (Å²) in [6, 6.07) is 15.7. The Morgan fingerprint density at radius 1 is 1.16 bits per heavy atom. The zero-order valence-corrected chi connectivity index (χ0v) is 15.1. The first-order valence-corrected chi connectivity index (χ1v) is 10.0. The average molecular weight is 375 g/mol. The minimum atomic E-state index is -3.96. The summed E-state index contributed by atoms with van der Waals surface area (Å²) in [5.41, 5.74) is -0.0164. The van der Waals surface area contributed by atoms with Crippen LogP contribution in [0.5, 0.6) is 0 Å². The molecule has 0 saturated carbocycles. The van der Waals surface area contributed by atoms with Crippen molar-refractivity contribution in [3.8, 4) is 0 Å². The number of sulfonamides is 1. The first kappa shape index (κ1) is 17.7. The minimum absolute atomic E-state index is 0.0553. The molecule has 1 atom stereocenters. The van der Waals surface area contributed by atoms with Crippen molar-refractivity contribution in [1.29, 1.82) is 0 Å². The molecule has 1 heterocycles. The molecule has 0 saturated heterocycles. The van der Waals surface area contributed by atoms with Crippen LogP contribution < -0.4 is 4.72 Å². The van der Waals surface area contributed by atoms with E-state index in [1.54, 1.807) is 19.1 Å². The molecule has 7 heteroatoms. The quantitative estimate of drug-likeness (QED) is 0.840.